The van der Waals surface area contributed by atoms with Crippen LogP contribution in [0.5, 0.6) is 11.5 Å². The van der Waals surface area contributed by atoms with Gasteiger partial charge in [0, 0.05) is 13.8 Å². The Hall–Kier alpha value is -1.20. The SMILES string of the molecule is CC1(C)Oc2ccc(B3OC(C)(C)C(C)(C)O3)cc2O1. The van der Waals surface area contributed by atoms with Crippen molar-refractivity contribution >= 4 is 12.6 Å². The molecule has 1 saturated heterocycles. The smallest absolute Gasteiger partial charge is 0.449 e. The molecule has 1 aromatic rings. The van der Waals surface area contributed by atoms with E-state index in [1.807, 2.05) is 59.7 Å². The molecule has 0 N–H and O–H groups in total. The van der Waals surface area contributed by atoms with Gasteiger partial charge in [0.15, 0.2) is 11.5 Å². The van der Waals surface area contributed by atoms with Gasteiger partial charge in [-0.15, -0.1) is 0 Å². The Morgan fingerprint density at radius 2 is 1.35 bits per heavy atom. The second-order valence-corrected chi connectivity index (χ2v) is 6.90. The Balaban J connectivity index is 1.88. The lowest BCUT2D eigenvalue weighted by Crippen LogP contribution is -2.41. The topological polar surface area (TPSA) is 36.9 Å². The molecule has 4 nitrogen and oxygen atoms in total. The number of fused-ring (bicyclic) bond motifs is 1. The molecular formula is C15H21BO4. The first-order valence-electron chi connectivity index (χ1n) is 6.97. The van der Waals surface area contributed by atoms with Gasteiger partial charge in [0.2, 0.25) is 5.79 Å². The van der Waals surface area contributed by atoms with Gasteiger partial charge in [0.05, 0.1) is 11.2 Å². The zero-order valence-electron chi connectivity index (χ0n) is 12.9. The van der Waals surface area contributed by atoms with Crippen LogP contribution in [0.3, 0.4) is 0 Å². The molecule has 20 heavy (non-hydrogen) atoms. The van der Waals surface area contributed by atoms with Gasteiger partial charge in [-0.05, 0) is 45.3 Å². The van der Waals surface area contributed by atoms with Crippen LogP contribution in [0, 0.1) is 0 Å². The van der Waals surface area contributed by atoms with Crippen LogP contribution < -0.4 is 14.9 Å². The molecule has 0 aliphatic carbocycles. The monoisotopic (exact) mass is 276 g/mol. The van der Waals surface area contributed by atoms with Crippen LogP contribution in [-0.2, 0) is 9.31 Å². The molecule has 1 aromatic carbocycles. The van der Waals surface area contributed by atoms with Crippen molar-refractivity contribution in [1.29, 1.82) is 0 Å². The molecular weight excluding hydrogens is 255 g/mol. The van der Waals surface area contributed by atoms with Gasteiger partial charge in [-0.3, -0.25) is 0 Å². The van der Waals surface area contributed by atoms with Crippen molar-refractivity contribution in [3.8, 4) is 11.5 Å². The van der Waals surface area contributed by atoms with E-state index >= 15 is 0 Å². The van der Waals surface area contributed by atoms with E-state index in [1.54, 1.807) is 0 Å². The fourth-order valence-electron chi connectivity index (χ4n) is 2.36. The van der Waals surface area contributed by atoms with Crippen LogP contribution in [0.25, 0.3) is 0 Å². The lowest BCUT2D eigenvalue weighted by molar-refractivity contribution is -0.0431. The molecule has 2 aliphatic heterocycles. The molecule has 0 bridgehead atoms. The summed E-state index contributed by atoms with van der Waals surface area (Å²) in [5.74, 6) is 0.883. The predicted molar refractivity (Wildman–Crippen MR) is 77.5 cm³/mol. The summed E-state index contributed by atoms with van der Waals surface area (Å²) in [5, 5.41) is 0. The lowest BCUT2D eigenvalue weighted by atomic mass is 9.79. The van der Waals surface area contributed by atoms with Crippen molar-refractivity contribution < 1.29 is 18.8 Å². The number of ether oxygens (including phenoxy) is 2. The molecule has 2 aliphatic rings. The first-order chi connectivity index (χ1) is 9.10. The standard InChI is InChI=1S/C15H21BO4/c1-13(2)14(3,4)20-16(19-13)10-7-8-11-12(9-10)18-15(5,6)17-11/h7-9H,1-6H3. The summed E-state index contributed by atoms with van der Waals surface area (Å²) in [4.78, 5) is 0. The van der Waals surface area contributed by atoms with E-state index in [4.69, 9.17) is 18.8 Å². The molecule has 0 spiro atoms. The zero-order valence-corrected chi connectivity index (χ0v) is 12.9. The Kier molecular flexibility index (Phi) is 2.70. The molecule has 0 saturated carbocycles. The predicted octanol–water partition coefficient (Wildman–Crippen LogP) is 2.49. The van der Waals surface area contributed by atoms with Gasteiger partial charge in [0.1, 0.15) is 0 Å². The highest BCUT2D eigenvalue weighted by Gasteiger charge is 2.52. The molecule has 3 rings (SSSR count). The van der Waals surface area contributed by atoms with Crippen molar-refractivity contribution in [3.05, 3.63) is 18.2 Å². The van der Waals surface area contributed by atoms with Gasteiger partial charge in [-0.1, -0.05) is 6.07 Å². The molecule has 1 fully saturated rings. The third-order valence-electron chi connectivity index (χ3n) is 4.20. The van der Waals surface area contributed by atoms with Crippen LogP contribution in [0.15, 0.2) is 18.2 Å². The number of rotatable bonds is 1. The van der Waals surface area contributed by atoms with Crippen LogP contribution in [0.4, 0.5) is 0 Å². The minimum Gasteiger partial charge on any atom is -0.449 e. The summed E-state index contributed by atoms with van der Waals surface area (Å²) in [7, 11) is -0.377. The Bertz CT molecular complexity index is 535. The van der Waals surface area contributed by atoms with Gasteiger partial charge >= 0.3 is 7.12 Å². The van der Waals surface area contributed by atoms with Gasteiger partial charge in [0.25, 0.3) is 0 Å². The van der Waals surface area contributed by atoms with E-state index < -0.39 is 5.79 Å². The normalized spacial score (nSPS) is 25.0. The van der Waals surface area contributed by atoms with Crippen LogP contribution in [-0.4, -0.2) is 24.1 Å². The summed E-state index contributed by atoms with van der Waals surface area (Å²) in [6.07, 6.45) is 0. The second-order valence-electron chi connectivity index (χ2n) is 6.90. The average Bonchev–Trinajstić information content (AvgIpc) is 2.69. The average molecular weight is 276 g/mol. The van der Waals surface area contributed by atoms with Gasteiger partial charge < -0.3 is 18.8 Å². The Labute approximate surface area is 120 Å². The Morgan fingerprint density at radius 3 is 1.95 bits per heavy atom. The van der Waals surface area contributed by atoms with Crippen LogP contribution in [0.2, 0.25) is 0 Å². The summed E-state index contributed by atoms with van der Waals surface area (Å²) in [6.45, 7) is 12.0. The summed E-state index contributed by atoms with van der Waals surface area (Å²) in [5.41, 5.74) is 0.268. The maximum Gasteiger partial charge on any atom is 0.494 e. The fraction of sp³-hybridized carbons (Fsp3) is 0.600. The maximum atomic E-state index is 6.04. The van der Waals surface area contributed by atoms with Crippen molar-refractivity contribution in [1.82, 2.24) is 0 Å². The molecule has 0 radical (unpaired) electrons. The highest BCUT2D eigenvalue weighted by atomic mass is 16.7. The highest BCUT2D eigenvalue weighted by Crippen LogP contribution is 2.40. The molecule has 0 atom stereocenters. The minimum atomic E-state index is -0.614. The van der Waals surface area contributed by atoms with E-state index in [1.165, 1.54) is 0 Å². The maximum absolute atomic E-state index is 6.04. The zero-order chi connectivity index (χ0) is 14.8. The molecule has 5 heteroatoms. The van der Waals surface area contributed by atoms with Crippen molar-refractivity contribution in [2.24, 2.45) is 0 Å². The molecule has 2 heterocycles. The summed E-state index contributed by atoms with van der Waals surface area (Å²) >= 11 is 0. The summed E-state index contributed by atoms with van der Waals surface area (Å²) < 4.78 is 23.5. The largest absolute Gasteiger partial charge is 0.494 e. The van der Waals surface area contributed by atoms with Crippen molar-refractivity contribution in [2.45, 2.75) is 58.5 Å². The number of benzene rings is 1. The third kappa shape index (κ3) is 2.09. The Morgan fingerprint density at radius 1 is 0.800 bits per heavy atom. The van der Waals surface area contributed by atoms with E-state index in [0.717, 1.165) is 17.0 Å². The third-order valence-corrected chi connectivity index (χ3v) is 4.20. The molecule has 0 amide bonds. The van der Waals surface area contributed by atoms with E-state index in [9.17, 15) is 0 Å². The lowest BCUT2D eigenvalue weighted by Gasteiger charge is -2.32. The van der Waals surface area contributed by atoms with Crippen LogP contribution >= 0.6 is 0 Å². The van der Waals surface area contributed by atoms with E-state index in [0.29, 0.717) is 0 Å². The quantitative estimate of drug-likeness (QED) is 0.738. The second kappa shape index (κ2) is 3.92. The fourth-order valence-corrected chi connectivity index (χ4v) is 2.36. The minimum absolute atomic E-state index is 0.340. The molecule has 0 aromatic heterocycles. The molecule has 0 unspecified atom stereocenters. The highest BCUT2D eigenvalue weighted by molar-refractivity contribution is 6.62. The molecule has 108 valence electrons. The van der Waals surface area contributed by atoms with E-state index in [-0.39, 0.29) is 18.3 Å². The summed E-state index contributed by atoms with van der Waals surface area (Å²) in [6, 6.07) is 5.81. The first-order valence-corrected chi connectivity index (χ1v) is 6.97. The van der Waals surface area contributed by atoms with Crippen LogP contribution in [0.1, 0.15) is 41.5 Å². The van der Waals surface area contributed by atoms with Gasteiger partial charge in [-0.2, -0.15) is 0 Å². The number of hydrogen-bond acceptors (Lipinski definition) is 4. The van der Waals surface area contributed by atoms with Crippen molar-refractivity contribution in [3.63, 3.8) is 0 Å². The van der Waals surface area contributed by atoms with Crippen molar-refractivity contribution in [2.75, 3.05) is 0 Å². The van der Waals surface area contributed by atoms with Gasteiger partial charge in [-0.25, -0.2) is 0 Å². The van der Waals surface area contributed by atoms with E-state index in [2.05, 4.69) is 0 Å². The first kappa shape index (κ1) is 13.8. The number of hydrogen-bond donors (Lipinski definition) is 0.